The van der Waals surface area contributed by atoms with E-state index in [4.69, 9.17) is 0 Å². The second kappa shape index (κ2) is 8.02. The Morgan fingerprint density at radius 3 is 2.43 bits per heavy atom. The summed E-state index contributed by atoms with van der Waals surface area (Å²) in [5.74, 6) is -0.574. The Labute approximate surface area is 174 Å². The lowest BCUT2D eigenvalue weighted by atomic mass is 10.1. The van der Waals surface area contributed by atoms with Gasteiger partial charge < -0.3 is 9.47 Å². The van der Waals surface area contributed by atoms with Crippen molar-refractivity contribution in [1.29, 1.82) is 0 Å². The molecule has 0 radical (unpaired) electrons. The van der Waals surface area contributed by atoms with E-state index < -0.39 is 0 Å². The van der Waals surface area contributed by atoms with Crippen LogP contribution in [-0.4, -0.2) is 62.8 Å². The standard InChI is InChI=1S/C22H26FN5O2/c1-4-9-26-10-12-27(13-11-26)22(30)18-14-25(3)21-19(20(18)29)15(2)24-28(21)17-7-5-16(23)6-8-17/h5-8,14H,4,9-13H2,1-3H3. The number of benzene rings is 1. The molecule has 4 rings (SSSR count). The van der Waals surface area contributed by atoms with Crippen molar-refractivity contribution >= 4 is 16.9 Å². The van der Waals surface area contributed by atoms with Gasteiger partial charge in [0.25, 0.3) is 5.91 Å². The van der Waals surface area contributed by atoms with E-state index in [9.17, 15) is 14.0 Å². The minimum Gasteiger partial charge on any atom is -0.336 e. The van der Waals surface area contributed by atoms with E-state index in [2.05, 4.69) is 16.9 Å². The van der Waals surface area contributed by atoms with Crippen LogP contribution in [0.15, 0.2) is 35.3 Å². The fraction of sp³-hybridized carbons (Fsp3) is 0.409. The fourth-order valence-electron chi connectivity index (χ4n) is 4.13. The van der Waals surface area contributed by atoms with Crippen LogP contribution >= 0.6 is 0 Å². The molecule has 1 aromatic carbocycles. The molecule has 30 heavy (non-hydrogen) atoms. The van der Waals surface area contributed by atoms with Gasteiger partial charge in [0.15, 0.2) is 0 Å². The van der Waals surface area contributed by atoms with Crippen LogP contribution in [0.3, 0.4) is 0 Å². The van der Waals surface area contributed by atoms with Gasteiger partial charge >= 0.3 is 0 Å². The fourth-order valence-corrected chi connectivity index (χ4v) is 4.13. The summed E-state index contributed by atoms with van der Waals surface area (Å²) in [5.41, 5.74) is 1.62. The minimum atomic E-state index is -0.340. The molecular formula is C22H26FN5O2. The van der Waals surface area contributed by atoms with Gasteiger partial charge in [0.2, 0.25) is 5.43 Å². The molecule has 1 aliphatic heterocycles. The van der Waals surface area contributed by atoms with Crippen molar-refractivity contribution in [3.63, 3.8) is 0 Å². The lowest BCUT2D eigenvalue weighted by Gasteiger charge is -2.34. The topological polar surface area (TPSA) is 63.4 Å². The molecule has 1 saturated heterocycles. The van der Waals surface area contributed by atoms with E-state index in [1.165, 1.54) is 12.1 Å². The van der Waals surface area contributed by atoms with Crippen molar-refractivity contribution in [1.82, 2.24) is 24.1 Å². The van der Waals surface area contributed by atoms with Gasteiger partial charge in [0.05, 0.1) is 16.8 Å². The average molecular weight is 411 g/mol. The Hall–Kier alpha value is -3.00. The predicted molar refractivity (Wildman–Crippen MR) is 114 cm³/mol. The smallest absolute Gasteiger partial charge is 0.259 e. The molecule has 2 aromatic heterocycles. The SMILES string of the molecule is CCCN1CCN(C(=O)c2cn(C)c3c(c(C)nn3-c3ccc(F)cc3)c2=O)CC1. The number of aromatic nitrogens is 3. The molecule has 0 bridgehead atoms. The van der Waals surface area contributed by atoms with Crippen molar-refractivity contribution in [2.75, 3.05) is 32.7 Å². The first-order valence-electron chi connectivity index (χ1n) is 10.3. The summed E-state index contributed by atoms with van der Waals surface area (Å²) in [7, 11) is 1.79. The summed E-state index contributed by atoms with van der Waals surface area (Å²) in [5, 5.41) is 4.91. The monoisotopic (exact) mass is 411 g/mol. The number of hydrogen-bond donors (Lipinski definition) is 0. The maximum Gasteiger partial charge on any atom is 0.259 e. The number of nitrogens with zero attached hydrogens (tertiary/aromatic N) is 5. The molecular weight excluding hydrogens is 385 g/mol. The Morgan fingerprint density at radius 2 is 1.80 bits per heavy atom. The second-order valence-corrected chi connectivity index (χ2v) is 7.79. The van der Waals surface area contributed by atoms with Crippen molar-refractivity contribution in [2.24, 2.45) is 7.05 Å². The zero-order chi connectivity index (χ0) is 21.4. The largest absolute Gasteiger partial charge is 0.336 e. The van der Waals surface area contributed by atoms with E-state index in [-0.39, 0.29) is 22.7 Å². The van der Waals surface area contributed by atoms with Crippen molar-refractivity contribution < 1.29 is 9.18 Å². The number of piperazine rings is 1. The van der Waals surface area contributed by atoms with Gasteiger partial charge in [0.1, 0.15) is 17.0 Å². The quantitative estimate of drug-likeness (QED) is 0.661. The molecule has 0 N–H and O–H groups in total. The Kier molecular flexibility index (Phi) is 5.42. The van der Waals surface area contributed by atoms with Crippen LogP contribution in [-0.2, 0) is 7.05 Å². The third-order valence-corrected chi connectivity index (χ3v) is 5.67. The Balaban J connectivity index is 1.72. The summed E-state index contributed by atoms with van der Waals surface area (Å²) in [6, 6.07) is 5.93. The molecule has 1 fully saturated rings. The number of fused-ring (bicyclic) bond motifs is 1. The molecule has 8 heteroatoms. The third kappa shape index (κ3) is 3.52. The second-order valence-electron chi connectivity index (χ2n) is 7.79. The first-order chi connectivity index (χ1) is 14.4. The van der Waals surface area contributed by atoms with E-state index in [1.54, 1.807) is 46.4 Å². The average Bonchev–Trinajstić information content (AvgIpc) is 3.09. The summed E-state index contributed by atoms with van der Waals surface area (Å²) in [4.78, 5) is 30.5. The molecule has 1 aliphatic rings. The molecule has 1 amide bonds. The van der Waals surface area contributed by atoms with Gasteiger partial charge in [-0.05, 0) is 44.2 Å². The van der Waals surface area contributed by atoms with E-state index >= 15 is 0 Å². The molecule has 0 atom stereocenters. The van der Waals surface area contributed by atoms with E-state index in [1.807, 2.05) is 0 Å². The molecule has 3 heterocycles. The summed E-state index contributed by atoms with van der Waals surface area (Å²) in [6.45, 7) is 7.80. The van der Waals surface area contributed by atoms with Crippen LogP contribution in [0.4, 0.5) is 4.39 Å². The molecule has 0 aliphatic carbocycles. The van der Waals surface area contributed by atoms with Gasteiger partial charge in [-0.15, -0.1) is 0 Å². The van der Waals surface area contributed by atoms with Crippen LogP contribution in [0.5, 0.6) is 0 Å². The molecule has 0 saturated carbocycles. The molecule has 158 valence electrons. The zero-order valence-electron chi connectivity index (χ0n) is 17.6. The predicted octanol–water partition coefficient (Wildman–Crippen LogP) is 2.34. The van der Waals surface area contributed by atoms with E-state index in [0.717, 1.165) is 26.1 Å². The number of aryl methyl sites for hydroxylation is 2. The van der Waals surface area contributed by atoms with Crippen molar-refractivity contribution in [3.8, 4) is 5.69 Å². The number of amides is 1. The maximum atomic E-state index is 13.3. The lowest BCUT2D eigenvalue weighted by molar-refractivity contribution is 0.0635. The molecule has 7 nitrogen and oxygen atoms in total. The number of hydrogen-bond acceptors (Lipinski definition) is 4. The van der Waals surface area contributed by atoms with Crippen molar-refractivity contribution in [3.05, 3.63) is 57.8 Å². The number of halogens is 1. The molecule has 0 unspecified atom stereocenters. The van der Waals surface area contributed by atoms with Gasteiger partial charge in [-0.2, -0.15) is 5.10 Å². The first kappa shape index (κ1) is 20.3. The normalized spacial score (nSPS) is 15.1. The first-order valence-corrected chi connectivity index (χ1v) is 10.3. The summed E-state index contributed by atoms with van der Waals surface area (Å²) in [6.07, 6.45) is 2.68. The maximum absolute atomic E-state index is 13.3. The zero-order valence-corrected chi connectivity index (χ0v) is 17.6. The Bertz CT molecular complexity index is 1140. The Morgan fingerprint density at radius 1 is 1.13 bits per heavy atom. The molecule has 3 aromatic rings. The number of rotatable bonds is 4. The highest BCUT2D eigenvalue weighted by Crippen LogP contribution is 2.20. The van der Waals surface area contributed by atoms with Crippen LogP contribution in [0, 0.1) is 12.7 Å². The highest BCUT2D eigenvalue weighted by molar-refractivity contribution is 5.97. The number of pyridine rings is 1. The van der Waals surface area contributed by atoms with Gasteiger partial charge in [-0.3, -0.25) is 14.5 Å². The van der Waals surface area contributed by atoms with Crippen molar-refractivity contribution in [2.45, 2.75) is 20.3 Å². The number of carbonyl (C=O) groups is 1. The van der Waals surface area contributed by atoms with Crippen LogP contribution in [0.2, 0.25) is 0 Å². The third-order valence-electron chi connectivity index (χ3n) is 5.67. The molecule has 0 spiro atoms. The van der Waals surface area contributed by atoms with Crippen LogP contribution in [0.1, 0.15) is 29.4 Å². The van der Waals surface area contributed by atoms with E-state index in [0.29, 0.717) is 35.5 Å². The summed E-state index contributed by atoms with van der Waals surface area (Å²) < 4.78 is 16.7. The van der Waals surface area contributed by atoms with Gasteiger partial charge in [-0.25, -0.2) is 9.07 Å². The minimum absolute atomic E-state index is 0.163. The van der Waals surface area contributed by atoms with Gasteiger partial charge in [0, 0.05) is 39.4 Å². The van der Waals surface area contributed by atoms with Crippen LogP contribution in [0.25, 0.3) is 16.7 Å². The highest BCUT2D eigenvalue weighted by atomic mass is 19.1. The van der Waals surface area contributed by atoms with Crippen LogP contribution < -0.4 is 5.43 Å². The number of carbonyl (C=O) groups excluding carboxylic acids is 1. The van der Waals surface area contributed by atoms with Gasteiger partial charge in [-0.1, -0.05) is 6.92 Å². The highest BCUT2D eigenvalue weighted by Gasteiger charge is 2.26. The lowest BCUT2D eigenvalue weighted by Crippen LogP contribution is -2.49. The summed E-state index contributed by atoms with van der Waals surface area (Å²) >= 11 is 0.